The zero-order valence-electron chi connectivity index (χ0n) is 11.8. The second kappa shape index (κ2) is 5.10. The highest BCUT2D eigenvalue weighted by Crippen LogP contribution is 2.29. The summed E-state index contributed by atoms with van der Waals surface area (Å²) in [5.41, 5.74) is 4.27. The van der Waals surface area contributed by atoms with Crippen molar-refractivity contribution < 1.29 is 4.42 Å². The number of nitrogens with one attached hydrogen (secondary N) is 1. The van der Waals surface area contributed by atoms with E-state index in [1.165, 1.54) is 55.2 Å². The normalized spacial score (nSPS) is 18.0. The number of hydrogen-bond acceptors (Lipinski definition) is 2. The molecule has 0 atom stereocenters. The number of fused-ring (bicyclic) bond motifs is 1. The van der Waals surface area contributed by atoms with E-state index in [-0.39, 0.29) is 0 Å². The summed E-state index contributed by atoms with van der Waals surface area (Å²) >= 11 is 0. The summed E-state index contributed by atoms with van der Waals surface area (Å²) in [7, 11) is 0. The Hall–Kier alpha value is -1.54. The third-order valence-electron chi connectivity index (χ3n) is 4.44. The summed E-state index contributed by atoms with van der Waals surface area (Å²) in [5, 5.41) is 3.49. The highest BCUT2D eigenvalue weighted by atomic mass is 16.3. The predicted octanol–water partition coefficient (Wildman–Crippen LogP) is 4.08. The fourth-order valence-electron chi connectivity index (χ4n) is 3.05. The van der Waals surface area contributed by atoms with Crippen LogP contribution in [0.4, 0.5) is 0 Å². The molecule has 2 nitrogen and oxygen atoms in total. The lowest BCUT2D eigenvalue weighted by atomic mass is 9.90. The molecular weight excluding hydrogens is 246 g/mol. The van der Waals surface area contributed by atoms with Gasteiger partial charge in [0.05, 0.1) is 6.54 Å². The summed E-state index contributed by atoms with van der Waals surface area (Å²) in [4.78, 5) is 0. The molecule has 1 aromatic carbocycles. The van der Waals surface area contributed by atoms with Crippen molar-refractivity contribution in [2.75, 3.05) is 0 Å². The first-order valence-electron chi connectivity index (χ1n) is 7.83. The van der Waals surface area contributed by atoms with Gasteiger partial charge in [0.25, 0.3) is 0 Å². The number of hydrogen-bond donors (Lipinski definition) is 1. The lowest BCUT2D eigenvalue weighted by Gasteiger charge is -2.15. The molecule has 104 valence electrons. The molecule has 0 radical (unpaired) electrons. The first-order valence-corrected chi connectivity index (χ1v) is 7.83. The molecule has 1 fully saturated rings. The minimum atomic E-state index is 0.729. The molecule has 4 rings (SSSR count). The van der Waals surface area contributed by atoms with Crippen LogP contribution in [0.5, 0.6) is 0 Å². The van der Waals surface area contributed by atoms with Gasteiger partial charge in [-0.2, -0.15) is 0 Å². The van der Waals surface area contributed by atoms with Gasteiger partial charge in [-0.15, -0.1) is 0 Å². The number of furan rings is 1. The van der Waals surface area contributed by atoms with Crippen molar-refractivity contribution in [3.05, 3.63) is 47.2 Å². The van der Waals surface area contributed by atoms with Gasteiger partial charge in [-0.25, -0.2) is 0 Å². The molecule has 0 aliphatic heterocycles. The van der Waals surface area contributed by atoms with E-state index in [0.717, 1.165) is 24.1 Å². The first kappa shape index (κ1) is 12.2. The molecule has 2 aliphatic carbocycles. The van der Waals surface area contributed by atoms with Crippen LogP contribution in [0, 0.1) is 0 Å². The van der Waals surface area contributed by atoms with Crippen molar-refractivity contribution in [1.82, 2.24) is 5.32 Å². The van der Waals surface area contributed by atoms with Gasteiger partial charge < -0.3 is 9.73 Å². The second-order valence-corrected chi connectivity index (χ2v) is 6.11. The molecule has 0 bridgehead atoms. The van der Waals surface area contributed by atoms with Crippen molar-refractivity contribution in [2.45, 2.75) is 51.1 Å². The van der Waals surface area contributed by atoms with Gasteiger partial charge in [0.15, 0.2) is 0 Å². The second-order valence-electron chi connectivity index (χ2n) is 6.11. The molecule has 0 saturated heterocycles. The molecule has 20 heavy (non-hydrogen) atoms. The van der Waals surface area contributed by atoms with E-state index in [4.69, 9.17) is 4.42 Å². The number of aryl methyl sites for hydroxylation is 2. The first-order chi connectivity index (χ1) is 9.88. The van der Waals surface area contributed by atoms with Crippen LogP contribution in [0.1, 0.15) is 42.6 Å². The van der Waals surface area contributed by atoms with E-state index in [1.807, 2.05) is 0 Å². The Balaban J connectivity index is 1.53. The van der Waals surface area contributed by atoms with Crippen LogP contribution in [0.3, 0.4) is 0 Å². The van der Waals surface area contributed by atoms with Crippen molar-refractivity contribution >= 4 is 0 Å². The lowest BCUT2D eigenvalue weighted by Crippen LogP contribution is -2.14. The Morgan fingerprint density at radius 3 is 2.70 bits per heavy atom. The van der Waals surface area contributed by atoms with E-state index in [0.29, 0.717) is 0 Å². The Morgan fingerprint density at radius 1 is 1.00 bits per heavy atom. The zero-order chi connectivity index (χ0) is 13.4. The summed E-state index contributed by atoms with van der Waals surface area (Å²) < 4.78 is 5.98. The quantitative estimate of drug-likeness (QED) is 0.903. The van der Waals surface area contributed by atoms with Gasteiger partial charge in [-0.3, -0.25) is 0 Å². The molecule has 0 spiro atoms. The van der Waals surface area contributed by atoms with Gasteiger partial charge >= 0.3 is 0 Å². The lowest BCUT2D eigenvalue weighted by molar-refractivity contribution is 0.492. The number of rotatable bonds is 4. The summed E-state index contributed by atoms with van der Waals surface area (Å²) in [5.74, 6) is 2.05. The topological polar surface area (TPSA) is 25.2 Å². The average molecular weight is 267 g/mol. The monoisotopic (exact) mass is 267 g/mol. The molecule has 2 heteroatoms. The summed E-state index contributed by atoms with van der Waals surface area (Å²) in [6.45, 7) is 0.857. The smallest absolute Gasteiger partial charge is 0.134 e. The van der Waals surface area contributed by atoms with Crippen LogP contribution in [-0.4, -0.2) is 6.04 Å². The molecule has 0 unspecified atom stereocenters. The van der Waals surface area contributed by atoms with Crippen molar-refractivity contribution in [3.8, 4) is 11.3 Å². The molecule has 1 aromatic heterocycles. The van der Waals surface area contributed by atoms with E-state index in [9.17, 15) is 0 Å². The van der Waals surface area contributed by atoms with Crippen molar-refractivity contribution in [1.29, 1.82) is 0 Å². The van der Waals surface area contributed by atoms with Gasteiger partial charge in [0.1, 0.15) is 11.5 Å². The Labute approximate surface area is 120 Å². The minimum Gasteiger partial charge on any atom is -0.460 e. The molecule has 0 amide bonds. The van der Waals surface area contributed by atoms with Gasteiger partial charge in [0.2, 0.25) is 0 Å². The molecule has 1 heterocycles. The molecule has 2 aliphatic rings. The Bertz CT molecular complexity index is 610. The van der Waals surface area contributed by atoms with E-state index in [2.05, 4.69) is 35.6 Å². The van der Waals surface area contributed by atoms with Crippen molar-refractivity contribution in [3.63, 3.8) is 0 Å². The van der Waals surface area contributed by atoms with Crippen LogP contribution in [-0.2, 0) is 19.4 Å². The summed E-state index contributed by atoms with van der Waals surface area (Å²) in [6, 6.07) is 11.8. The van der Waals surface area contributed by atoms with Gasteiger partial charge in [-0.1, -0.05) is 12.1 Å². The largest absolute Gasteiger partial charge is 0.460 e. The van der Waals surface area contributed by atoms with E-state index >= 15 is 0 Å². The van der Waals surface area contributed by atoms with Crippen LogP contribution < -0.4 is 5.32 Å². The maximum Gasteiger partial charge on any atom is 0.134 e. The van der Waals surface area contributed by atoms with E-state index in [1.54, 1.807) is 0 Å². The third-order valence-corrected chi connectivity index (χ3v) is 4.44. The van der Waals surface area contributed by atoms with Gasteiger partial charge in [0, 0.05) is 11.6 Å². The van der Waals surface area contributed by atoms with E-state index < -0.39 is 0 Å². The fourth-order valence-corrected chi connectivity index (χ4v) is 3.05. The minimum absolute atomic E-state index is 0.729. The van der Waals surface area contributed by atoms with Gasteiger partial charge in [-0.05, 0) is 67.9 Å². The van der Waals surface area contributed by atoms with Crippen LogP contribution >= 0.6 is 0 Å². The maximum atomic E-state index is 5.98. The van der Waals surface area contributed by atoms with Crippen LogP contribution in [0.2, 0.25) is 0 Å². The fraction of sp³-hybridized carbons (Fsp3) is 0.444. The molecule has 1 saturated carbocycles. The highest BCUT2D eigenvalue weighted by Gasteiger charge is 2.20. The maximum absolute atomic E-state index is 5.98. The van der Waals surface area contributed by atoms with Crippen LogP contribution in [0.15, 0.2) is 34.7 Å². The Morgan fingerprint density at radius 2 is 1.85 bits per heavy atom. The van der Waals surface area contributed by atoms with Crippen LogP contribution in [0.25, 0.3) is 11.3 Å². The standard InChI is InChI=1S/C18H21NO/c1-2-4-14-11-15(6-5-13(14)3-1)18-10-9-17(20-18)12-19-16-7-8-16/h5-6,9-11,16,19H,1-4,7-8,12H2. The SMILES string of the molecule is c1cc2c(cc1-c1ccc(CNC3CC3)o1)CCCC2. The number of benzene rings is 1. The predicted molar refractivity (Wildman–Crippen MR) is 80.6 cm³/mol. The average Bonchev–Trinajstić information content (AvgIpc) is 3.21. The highest BCUT2D eigenvalue weighted by molar-refractivity contribution is 5.60. The van der Waals surface area contributed by atoms with Crippen molar-refractivity contribution in [2.24, 2.45) is 0 Å². The summed E-state index contributed by atoms with van der Waals surface area (Å²) in [6.07, 6.45) is 7.76. The molecule has 1 N–H and O–H groups in total. The third kappa shape index (κ3) is 2.53. The molecular formula is C18H21NO. The zero-order valence-corrected chi connectivity index (χ0v) is 11.8. The molecule has 2 aromatic rings. The Kier molecular flexibility index (Phi) is 3.12.